The van der Waals surface area contributed by atoms with Gasteiger partial charge in [0.15, 0.2) is 0 Å². The number of carbonyl (C=O) groups excluding carboxylic acids is 2. The second-order valence-corrected chi connectivity index (χ2v) is 10.5. The number of aryl methyl sites for hydroxylation is 1. The molecule has 1 atom stereocenters. The molecular formula is C26H27ClFN3O4S. The van der Waals surface area contributed by atoms with E-state index in [4.69, 9.17) is 11.6 Å². The average molecular weight is 532 g/mol. The first kappa shape index (κ1) is 27.2. The van der Waals surface area contributed by atoms with Gasteiger partial charge >= 0.3 is 0 Å². The van der Waals surface area contributed by atoms with E-state index >= 15 is 0 Å². The standard InChI is InChI=1S/C26H27ClFN3O4S/c1-18-4-14-24(15-5-18)36(34,35)31(23-12-8-21(27)9-13-23)17-25(32)30(19(2)26(33)29-3)16-20-6-10-22(28)11-7-20/h4-15,19H,16-17H2,1-3H3,(H,29,33). The normalized spacial score (nSPS) is 12.0. The Bertz CT molecular complexity index is 1310. The third kappa shape index (κ3) is 6.41. The molecule has 3 rings (SSSR count). The Balaban J connectivity index is 2.01. The summed E-state index contributed by atoms with van der Waals surface area (Å²) in [5.74, 6) is -1.47. The highest BCUT2D eigenvalue weighted by atomic mass is 35.5. The summed E-state index contributed by atoms with van der Waals surface area (Å²) in [5, 5.41) is 2.91. The Morgan fingerprint density at radius 1 is 0.972 bits per heavy atom. The molecule has 0 saturated carbocycles. The van der Waals surface area contributed by atoms with Crippen molar-refractivity contribution in [3.63, 3.8) is 0 Å². The number of hydrogen-bond donors (Lipinski definition) is 1. The molecule has 190 valence electrons. The maximum Gasteiger partial charge on any atom is 0.264 e. The molecule has 0 aliphatic rings. The van der Waals surface area contributed by atoms with Crippen LogP contribution >= 0.6 is 11.6 Å². The van der Waals surface area contributed by atoms with Gasteiger partial charge < -0.3 is 10.2 Å². The molecule has 10 heteroatoms. The van der Waals surface area contributed by atoms with Crippen molar-refractivity contribution < 1.29 is 22.4 Å². The minimum atomic E-state index is -4.15. The molecule has 0 heterocycles. The van der Waals surface area contributed by atoms with Crippen LogP contribution in [0.15, 0.2) is 77.7 Å². The summed E-state index contributed by atoms with van der Waals surface area (Å²) in [6, 6.07) is 17.0. The first-order valence-corrected chi connectivity index (χ1v) is 12.9. The Morgan fingerprint density at radius 2 is 1.56 bits per heavy atom. The number of anilines is 1. The fourth-order valence-corrected chi connectivity index (χ4v) is 5.09. The average Bonchev–Trinajstić information content (AvgIpc) is 2.86. The third-order valence-electron chi connectivity index (χ3n) is 5.68. The van der Waals surface area contributed by atoms with Crippen LogP contribution in [0.4, 0.5) is 10.1 Å². The van der Waals surface area contributed by atoms with Gasteiger partial charge in [-0.15, -0.1) is 0 Å². The van der Waals surface area contributed by atoms with Crippen LogP contribution in [-0.4, -0.2) is 44.8 Å². The van der Waals surface area contributed by atoms with E-state index in [-0.39, 0.29) is 17.1 Å². The zero-order valence-corrected chi connectivity index (χ0v) is 21.7. The monoisotopic (exact) mass is 531 g/mol. The van der Waals surface area contributed by atoms with Gasteiger partial charge in [-0.1, -0.05) is 41.4 Å². The molecule has 0 aliphatic carbocycles. The summed E-state index contributed by atoms with van der Waals surface area (Å²) in [6.45, 7) is 2.79. The van der Waals surface area contributed by atoms with Gasteiger partial charge in [0.25, 0.3) is 10.0 Å². The number of rotatable bonds is 9. The zero-order chi connectivity index (χ0) is 26.5. The van der Waals surface area contributed by atoms with Gasteiger partial charge in [0.05, 0.1) is 10.6 Å². The molecule has 0 aromatic heterocycles. The van der Waals surface area contributed by atoms with Crippen molar-refractivity contribution in [2.75, 3.05) is 17.9 Å². The number of halogens is 2. The van der Waals surface area contributed by atoms with Crippen LogP contribution in [0.3, 0.4) is 0 Å². The summed E-state index contributed by atoms with van der Waals surface area (Å²) >= 11 is 6.00. The molecule has 7 nitrogen and oxygen atoms in total. The molecule has 0 fully saturated rings. The Labute approximate surface area is 215 Å². The maximum atomic E-state index is 13.6. The summed E-state index contributed by atoms with van der Waals surface area (Å²) in [4.78, 5) is 27.3. The molecule has 0 bridgehead atoms. The predicted molar refractivity (Wildman–Crippen MR) is 138 cm³/mol. The first-order valence-electron chi connectivity index (χ1n) is 11.1. The summed E-state index contributed by atoms with van der Waals surface area (Å²) in [6.07, 6.45) is 0. The van der Waals surface area contributed by atoms with Gasteiger partial charge in [-0.3, -0.25) is 13.9 Å². The lowest BCUT2D eigenvalue weighted by Gasteiger charge is -2.31. The molecule has 1 unspecified atom stereocenters. The Kier molecular flexibility index (Phi) is 8.70. The van der Waals surface area contributed by atoms with Gasteiger partial charge in [-0.05, 0) is 67.9 Å². The maximum absolute atomic E-state index is 13.6. The highest BCUT2D eigenvalue weighted by Gasteiger charge is 2.32. The van der Waals surface area contributed by atoms with E-state index in [1.54, 1.807) is 19.1 Å². The van der Waals surface area contributed by atoms with Crippen molar-refractivity contribution in [1.29, 1.82) is 0 Å². The smallest absolute Gasteiger partial charge is 0.264 e. The molecule has 36 heavy (non-hydrogen) atoms. The van der Waals surface area contributed by atoms with Gasteiger partial charge in [0.2, 0.25) is 11.8 Å². The van der Waals surface area contributed by atoms with Gasteiger partial charge in [0.1, 0.15) is 18.4 Å². The van der Waals surface area contributed by atoms with Crippen molar-refractivity contribution in [3.05, 3.63) is 94.8 Å². The lowest BCUT2D eigenvalue weighted by atomic mass is 10.1. The molecule has 0 aliphatic heterocycles. The minimum Gasteiger partial charge on any atom is -0.357 e. The number of likely N-dealkylation sites (N-methyl/N-ethyl adjacent to an activating group) is 1. The second kappa shape index (κ2) is 11.5. The van der Waals surface area contributed by atoms with Crippen molar-refractivity contribution in [1.82, 2.24) is 10.2 Å². The fraction of sp³-hybridized carbons (Fsp3) is 0.231. The number of benzene rings is 3. The van der Waals surface area contributed by atoms with Crippen LogP contribution in [0.1, 0.15) is 18.1 Å². The number of nitrogens with zero attached hydrogens (tertiary/aromatic N) is 2. The lowest BCUT2D eigenvalue weighted by Crippen LogP contribution is -2.50. The van der Waals surface area contributed by atoms with Gasteiger partial charge in [-0.2, -0.15) is 0 Å². The third-order valence-corrected chi connectivity index (χ3v) is 7.72. The molecule has 1 N–H and O–H groups in total. The first-order chi connectivity index (χ1) is 17.0. The fourth-order valence-electron chi connectivity index (χ4n) is 3.55. The molecule has 3 aromatic rings. The predicted octanol–water partition coefficient (Wildman–Crippen LogP) is 4.15. The van der Waals surface area contributed by atoms with E-state index < -0.39 is 40.2 Å². The summed E-state index contributed by atoms with van der Waals surface area (Å²) < 4.78 is 41.7. The lowest BCUT2D eigenvalue weighted by molar-refractivity contribution is -0.139. The van der Waals surface area contributed by atoms with Crippen LogP contribution in [0, 0.1) is 12.7 Å². The van der Waals surface area contributed by atoms with E-state index in [0.29, 0.717) is 10.6 Å². The van der Waals surface area contributed by atoms with Crippen molar-refractivity contribution >= 4 is 39.1 Å². The Morgan fingerprint density at radius 3 is 2.11 bits per heavy atom. The van der Waals surface area contributed by atoms with Gasteiger partial charge in [0, 0.05) is 18.6 Å². The van der Waals surface area contributed by atoms with E-state index in [2.05, 4.69) is 5.32 Å². The molecule has 0 saturated heterocycles. The Hall–Kier alpha value is -3.43. The highest BCUT2D eigenvalue weighted by Crippen LogP contribution is 2.26. The quantitative estimate of drug-likeness (QED) is 0.449. The van der Waals surface area contributed by atoms with Crippen LogP contribution in [0.5, 0.6) is 0 Å². The molecular weight excluding hydrogens is 505 g/mol. The van der Waals surface area contributed by atoms with Crippen molar-refractivity contribution in [2.45, 2.75) is 31.3 Å². The number of sulfonamides is 1. The topological polar surface area (TPSA) is 86.8 Å². The van der Waals surface area contributed by atoms with E-state index in [1.165, 1.54) is 72.6 Å². The van der Waals surface area contributed by atoms with Crippen LogP contribution in [-0.2, 0) is 26.2 Å². The van der Waals surface area contributed by atoms with E-state index in [1.807, 2.05) is 6.92 Å². The van der Waals surface area contributed by atoms with Gasteiger partial charge in [-0.25, -0.2) is 12.8 Å². The number of carbonyl (C=O) groups is 2. The molecule has 2 amide bonds. The van der Waals surface area contributed by atoms with Crippen molar-refractivity contribution in [3.8, 4) is 0 Å². The minimum absolute atomic E-state index is 0.0142. The van der Waals surface area contributed by atoms with E-state index in [0.717, 1.165) is 9.87 Å². The largest absolute Gasteiger partial charge is 0.357 e. The summed E-state index contributed by atoms with van der Waals surface area (Å²) in [5.41, 5.74) is 1.70. The van der Waals surface area contributed by atoms with Crippen molar-refractivity contribution in [2.24, 2.45) is 0 Å². The highest BCUT2D eigenvalue weighted by molar-refractivity contribution is 7.92. The van der Waals surface area contributed by atoms with Crippen LogP contribution < -0.4 is 9.62 Å². The SMILES string of the molecule is CNC(=O)C(C)N(Cc1ccc(F)cc1)C(=O)CN(c1ccc(Cl)cc1)S(=O)(=O)c1ccc(C)cc1. The number of amides is 2. The zero-order valence-electron chi connectivity index (χ0n) is 20.1. The van der Waals surface area contributed by atoms with Crippen LogP contribution in [0.25, 0.3) is 0 Å². The van der Waals surface area contributed by atoms with Crippen LogP contribution in [0.2, 0.25) is 5.02 Å². The molecule has 3 aromatic carbocycles. The molecule has 0 spiro atoms. The summed E-state index contributed by atoms with van der Waals surface area (Å²) in [7, 11) is -2.70. The number of nitrogens with one attached hydrogen (secondary N) is 1. The second-order valence-electron chi connectivity index (χ2n) is 8.24. The number of hydrogen-bond acceptors (Lipinski definition) is 4. The van der Waals surface area contributed by atoms with E-state index in [9.17, 15) is 22.4 Å². The molecule has 0 radical (unpaired) electrons.